The van der Waals surface area contributed by atoms with Gasteiger partial charge < -0.3 is 5.11 Å². The molecule has 9 heteroatoms. The minimum Gasteiger partial charge on any atom is -0.481 e. The zero-order valence-electron chi connectivity index (χ0n) is 10.5. The van der Waals surface area contributed by atoms with Crippen molar-refractivity contribution < 1.29 is 23.1 Å². The summed E-state index contributed by atoms with van der Waals surface area (Å²) in [5.41, 5.74) is 0. The Morgan fingerprint density at radius 2 is 2.10 bits per heavy atom. The highest BCUT2D eigenvalue weighted by molar-refractivity contribution is 7.99. The Hall–Kier alpha value is -1.25. The maximum absolute atomic E-state index is 13.0. The number of carbonyl (C=O) groups is 1. The first-order chi connectivity index (χ1) is 9.38. The Labute approximate surface area is 117 Å². The van der Waals surface area contributed by atoms with E-state index in [2.05, 4.69) is 15.2 Å². The number of hydrogen-bond donors (Lipinski definition) is 2. The minimum absolute atomic E-state index is 0.104. The van der Waals surface area contributed by atoms with E-state index in [1.54, 1.807) is 0 Å². The first-order valence-electron chi connectivity index (χ1n) is 6.21. The van der Waals surface area contributed by atoms with E-state index < -0.39 is 24.0 Å². The summed E-state index contributed by atoms with van der Waals surface area (Å²) in [5, 5.41) is 15.0. The Morgan fingerprint density at radius 1 is 1.40 bits per heavy atom. The number of rotatable bonds is 4. The van der Waals surface area contributed by atoms with Gasteiger partial charge in [0, 0.05) is 5.92 Å². The van der Waals surface area contributed by atoms with Crippen molar-refractivity contribution in [1.82, 2.24) is 15.2 Å². The quantitative estimate of drug-likeness (QED) is 0.836. The maximum Gasteiger partial charge on any atom is 0.392 e. The summed E-state index contributed by atoms with van der Waals surface area (Å²) in [7, 11) is 0. The molecule has 1 aromatic rings. The molecule has 1 heterocycles. The van der Waals surface area contributed by atoms with Crippen LogP contribution in [0.4, 0.5) is 13.2 Å². The molecule has 0 spiro atoms. The molecule has 0 saturated heterocycles. The second-order valence-corrected chi connectivity index (χ2v) is 5.67. The SMILES string of the molecule is O=C(O)CSc1n[nH]c(C2CCCCC2C(F)(F)F)n1. The van der Waals surface area contributed by atoms with E-state index in [1.165, 1.54) is 0 Å². The number of aromatic nitrogens is 3. The van der Waals surface area contributed by atoms with Crippen LogP contribution in [0.5, 0.6) is 0 Å². The van der Waals surface area contributed by atoms with E-state index in [1.807, 2.05) is 0 Å². The molecule has 5 nitrogen and oxygen atoms in total. The lowest BCUT2D eigenvalue weighted by atomic mass is 9.78. The molecule has 1 saturated carbocycles. The van der Waals surface area contributed by atoms with Crippen molar-refractivity contribution in [2.45, 2.75) is 42.9 Å². The molecule has 0 aliphatic heterocycles. The van der Waals surface area contributed by atoms with E-state index in [9.17, 15) is 18.0 Å². The highest BCUT2D eigenvalue weighted by atomic mass is 32.2. The number of halogens is 3. The van der Waals surface area contributed by atoms with Gasteiger partial charge >= 0.3 is 12.1 Å². The third kappa shape index (κ3) is 3.65. The van der Waals surface area contributed by atoms with Gasteiger partial charge in [-0.2, -0.15) is 13.2 Å². The number of H-pyrrole nitrogens is 1. The number of hydrogen-bond acceptors (Lipinski definition) is 4. The van der Waals surface area contributed by atoms with Gasteiger partial charge in [-0.15, -0.1) is 5.10 Å². The maximum atomic E-state index is 13.0. The number of alkyl halides is 3. The van der Waals surface area contributed by atoms with Gasteiger partial charge in [0.1, 0.15) is 5.82 Å². The van der Waals surface area contributed by atoms with E-state index in [-0.39, 0.29) is 23.2 Å². The summed E-state index contributed by atoms with van der Waals surface area (Å²) in [4.78, 5) is 14.4. The molecular weight excluding hydrogens is 295 g/mol. The number of aromatic amines is 1. The van der Waals surface area contributed by atoms with Crippen molar-refractivity contribution in [2.75, 3.05) is 5.75 Å². The highest BCUT2D eigenvalue weighted by Gasteiger charge is 2.47. The molecule has 0 aromatic carbocycles. The fourth-order valence-electron chi connectivity index (χ4n) is 2.46. The van der Waals surface area contributed by atoms with E-state index >= 15 is 0 Å². The normalized spacial score (nSPS) is 23.8. The number of aliphatic carboxylic acids is 1. The number of carboxylic acid groups (broad SMARTS) is 1. The van der Waals surface area contributed by atoms with Gasteiger partial charge in [-0.05, 0) is 12.8 Å². The van der Waals surface area contributed by atoms with Crippen molar-refractivity contribution in [3.63, 3.8) is 0 Å². The van der Waals surface area contributed by atoms with Crippen molar-refractivity contribution >= 4 is 17.7 Å². The summed E-state index contributed by atoms with van der Waals surface area (Å²) >= 11 is 0.888. The smallest absolute Gasteiger partial charge is 0.392 e. The van der Waals surface area contributed by atoms with Gasteiger partial charge in [-0.25, -0.2) is 4.98 Å². The number of nitrogens with one attached hydrogen (secondary N) is 1. The van der Waals surface area contributed by atoms with Gasteiger partial charge in [-0.1, -0.05) is 24.6 Å². The summed E-state index contributed by atoms with van der Waals surface area (Å²) in [6, 6.07) is 0. The minimum atomic E-state index is -4.24. The molecular formula is C11H14F3N3O2S. The van der Waals surface area contributed by atoms with Crippen molar-refractivity contribution in [3.05, 3.63) is 5.82 Å². The van der Waals surface area contributed by atoms with Crippen LogP contribution in [0, 0.1) is 5.92 Å². The average molecular weight is 309 g/mol. The standard InChI is InChI=1S/C11H14F3N3O2S/c12-11(13,14)7-4-2-1-3-6(7)9-15-10(17-16-9)20-5-8(18)19/h6-7H,1-5H2,(H,18,19)(H,15,16,17). The molecule has 1 fully saturated rings. The Kier molecular flexibility index (Phi) is 4.56. The molecule has 20 heavy (non-hydrogen) atoms. The van der Waals surface area contributed by atoms with E-state index in [0.29, 0.717) is 12.8 Å². The molecule has 0 bridgehead atoms. The van der Waals surface area contributed by atoms with Gasteiger partial charge in [0.25, 0.3) is 0 Å². The van der Waals surface area contributed by atoms with Gasteiger partial charge in [0.05, 0.1) is 11.7 Å². The fourth-order valence-corrected chi connectivity index (χ4v) is 2.99. The summed E-state index contributed by atoms with van der Waals surface area (Å²) in [5.74, 6) is -3.14. The van der Waals surface area contributed by atoms with Crippen LogP contribution in [0.3, 0.4) is 0 Å². The fraction of sp³-hybridized carbons (Fsp3) is 0.727. The molecule has 1 aliphatic rings. The van der Waals surface area contributed by atoms with Gasteiger partial charge in [0.2, 0.25) is 5.16 Å². The average Bonchev–Trinajstić information content (AvgIpc) is 2.84. The van der Waals surface area contributed by atoms with E-state index in [4.69, 9.17) is 5.11 Å². The predicted molar refractivity (Wildman–Crippen MR) is 65.5 cm³/mol. The summed E-state index contributed by atoms with van der Waals surface area (Å²) < 4.78 is 39.0. The zero-order chi connectivity index (χ0) is 14.8. The van der Waals surface area contributed by atoms with Gasteiger partial charge in [-0.3, -0.25) is 9.89 Å². The van der Waals surface area contributed by atoms with Crippen molar-refractivity contribution in [1.29, 1.82) is 0 Å². The second kappa shape index (κ2) is 6.02. The second-order valence-electron chi connectivity index (χ2n) is 4.72. The first kappa shape index (κ1) is 15.1. The largest absolute Gasteiger partial charge is 0.481 e. The van der Waals surface area contributed by atoms with Crippen LogP contribution in [-0.4, -0.2) is 38.2 Å². The van der Waals surface area contributed by atoms with Crippen LogP contribution in [0.15, 0.2) is 5.16 Å². The highest BCUT2D eigenvalue weighted by Crippen LogP contribution is 2.45. The van der Waals surface area contributed by atoms with Crippen molar-refractivity contribution in [3.8, 4) is 0 Å². The van der Waals surface area contributed by atoms with Crippen LogP contribution in [-0.2, 0) is 4.79 Å². The lowest BCUT2D eigenvalue weighted by Gasteiger charge is -2.31. The Bertz CT molecular complexity index is 478. The molecule has 2 atom stereocenters. The molecule has 2 rings (SSSR count). The van der Waals surface area contributed by atoms with Crippen LogP contribution in [0.25, 0.3) is 0 Å². The monoisotopic (exact) mass is 309 g/mol. The topological polar surface area (TPSA) is 78.9 Å². The van der Waals surface area contributed by atoms with E-state index in [0.717, 1.165) is 18.2 Å². The molecule has 1 aliphatic carbocycles. The number of nitrogens with zero attached hydrogens (tertiary/aromatic N) is 2. The molecule has 0 amide bonds. The molecule has 1 aromatic heterocycles. The first-order valence-corrected chi connectivity index (χ1v) is 7.20. The molecule has 2 unspecified atom stereocenters. The number of thioether (sulfide) groups is 1. The van der Waals surface area contributed by atoms with Crippen LogP contribution >= 0.6 is 11.8 Å². The third-order valence-corrected chi connectivity index (χ3v) is 4.18. The lowest BCUT2D eigenvalue weighted by molar-refractivity contribution is -0.187. The van der Waals surface area contributed by atoms with Crippen LogP contribution in [0.2, 0.25) is 0 Å². The Balaban J connectivity index is 2.10. The lowest BCUT2D eigenvalue weighted by Crippen LogP contribution is -2.32. The Morgan fingerprint density at radius 3 is 2.75 bits per heavy atom. The molecule has 112 valence electrons. The summed E-state index contributed by atoms with van der Waals surface area (Å²) in [6.07, 6.45) is -2.42. The predicted octanol–water partition coefficient (Wildman–Crippen LogP) is 2.82. The zero-order valence-corrected chi connectivity index (χ0v) is 11.3. The number of carboxylic acids is 1. The molecule has 2 N–H and O–H groups in total. The van der Waals surface area contributed by atoms with Crippen LogP contribution in [0.1, 0.15) is 37.4 Å². The van der Waals surface area contributed by atoms with Gasteiger partial charge in [0.15, 0.2) is 0 Å². The molecule has 0 radical (unpaired) electrons. The van der Waals surface area contributed by atoms with Crippen LogP contribution < -0.4 is 0 Å². The van der Waals surface area contributed by atoms with Crippen molar-refractivity contribution in [2.24, 2.45) is 5.92 Å². The third-order valence-electron chi connectivity index (χ3n) is 3.34. The summed E-state index contributed by atoms with van der Waals surface area (Å²) in [6.45, 7) is 0.